The number of rotatable bonds is 4. The molecule has 0 aliphatic heterocycles. The van der Waals surface area contributed by atoms with Gasteiger partial charge in [-0.25, -0.2) is 0 Å². The summed E-state index contributed by atoms with van der Waals surface area (Å²) >= 11 is 1.38. The molecule has 0 amide bonds. The fourth-order valence-corrected chi connectivity index (χ4v) is 1.38. The molecule has 0 fully saturated rings. The van der Waals surface area contributed by atoms with E-state index in [9.17, 15) is 8.42 Å². The molecule has 0 saturated heterocycles. The standard InChI is InChI=1S/C4H8O3S2/c5-1-2-8-3-4-9(6)7/h4-5H,1-3H2. The molecule has 3 nitrogen and oxygen atoms in total. The summed E-state index contributed by atoms with van der Waals surface area (Å²) in [6.45, 7) is 0.101. The minimum absolute atomic E-state index is 0.101. The maximum atomic E-state index is 9.83. The summed E-state index contributed by atoms with van der Waals surface area (Å²) in [6.07, 6.45) is 0. The lowest BCUT2D eigenvalue weighted by Gasteiger charge is -1.87. The van der Waals surface area contributed by atoms with Crippen molar-refractivity contribution >= 4 is 27.4 Å². The van der Waals surface area contributed by atoms with E-state index in [1.54, 1.807) is 0 Å². The van der Waals surface area contributed by atoms with Crippen LogP contribution in [0, 0.1) is 0 Å². The number of hydrogen-bond donors (Lipinski definition) is 1. The van der Waals surface area contributed by atoms with Crippen LogP contribution in [-0.2, 0) is 10.3 Å². The monoisotopic (exact) mass is 168 g/mol. The molecule has 0 aromatic carbocycles. The highest BCUT2D eigenvalue weighted by molar-refractivity contribution is 8.00. The van der Waals surface area contributed by atoms with Crippen LogP contribution in [0.3, 0.4) is 0 Å². The predicted molar refractivity (Wildman–Crippen MR) is 39.4 cm³/mol. The summed E-state index contributed by atoms with van der Waals surface area (Å²) < 4.78 is 19.7. The van der Waals surface area contributed by atoms with Gasteiger partial charge in [-0.3, -0.25) is 0 Å². The molecule has 0 aromatic heterocycles. The lowest BCUT2D eigenvalue weighted by Crippen LogP contribution is -1.88. The quantitative estimate of drug-likeness (QED) is 0.449. The van der Waals surface area contributed by atoms with E-state index in [1.807, 2.05) is 0 Å². The van der Waals surface area contributed by atoms with E-state index in [0.29, 0.717) is 11.5 Å². The van der Waals surface area contributed by atoms with E-state index < -0.39 is 10.3 Å². The fourth-order valence-electron chi connectivity index (χ4n) is 0.252. The Morgan fingerprint density at radius 2 is 2.22 bits per heavy atom. The zero-order valence-electron chi connectivity index (χ0n) is 4.78. The van der Waals surface area contributed by atoms with Gasteiger partial charge in [0.15, 0.2) is 0 Å². The van der Waals surface area contributed by atoms with Crippen molar-refractivity contribution in [2.45, 2.75) is 0 Å². The first-order valence-electron chi connectivity index (χ1n) is 2.37. The highest BCUT2D eigenvalue weighted by Gasteiger charge is 1.81. The Morgan fingerprint density at radius 1 is 1.56 bits per heavy atom. The predicted octanol–water partition coefficient (Wildman–Crippen LogP) is -0.607. The van der Waals surface area contributed by atoms with Crippen molar-refractivity contribution in [3.8, 4) is 0 Å². The maximum Gasteiger partial charge on any atom is 0.210 e. The highest BCUT2D eigenvalue weighted by atomic mass is 32.2. The van der Waals surface area contributed by atoms with E-state index in [2.05, 4.69) is 0 Å². The van der Waals surface area contributed by atoms with Crippen LogP contribution in [0.2, 0.25) is 0 Å². The lowest BCUT2D eigenvalue weighted by atomic mass is 10.9. The van der Waals surface area contributed by atoms with Gasteiger partial charge in [-0.05, 0) is 0 Å². The molecule has 5 heteroatoms. The molecular formula is C4H8O3S2. The SMILES string of the molecule is O=S(=O)=CCSCCO. The van der Waals surface area contributed by atoms with Gasteiger partial charge in [0.25, 0.3) is 0 Å². The molecular weight excluding hydrogens is 160 g/mol. The summed E-state index contributed by atoms with van der Waals surface area (Å²) in [5.74, 6) is 1.05. The molecule has 0 unspecified atom stereocenters. The Kier molecular flexibility index (Phi) is 6.12. The third kappa shape index (κ3) is 8.00. The smallest absolute Gasteiger partial charge is 0.210 e. The lowest BCUT2D eigenvalue weighted by molar-refractivity contribution is 0.322. The normalized spacial score (nSPS) is 9.00. The third-order valence-electron chi connectivity index (χ3n) is 0.558. The van der Waals surface area contributed by atoms with E-state index in [0.717, 1.165) is 0 Å². The zero-order chi connectivity index (χ0) is 7.11. The average Bonchev–Trinajstić information content (AvgIpc) is 1.80. The molecule has 0 aliphatic carbocycles. The van der Waals surface area contributed by atoms with Gasteiger partial charge < -0.3 is 5.11 Å². The van der Waals surface area contributed by atoms with E-state index in [-0.39, 0.29) is 6.61 Å². The minimum atomic E-state index is -2.05. The Balaban J connectivity index is 3.20. The summed E-state index contributed by atoms with van der Waals surface area (Å²) in [7, 11) is -2.05. The summed E-state index contributed by atoms with van der Waals surface area (Å²) in [5, 5.41) is 9.41. The first kappa shape index (κ1) is 9.00. The second kappa shape index (κ2) is 6.12. The van der Waals surface area contributed by atoms with Gasteiger partial charge in [-0.2, -0.15) is 20.2 Å². The van der Waals surface area contributed by atoms with Gasteiger partial charge in [0.2, 0.25) is 10.3 Å². The van der Waals surface area contributed by atoms with Gasteiger partial charge in [-0.1, -0.05) is 0 Å². The molecule has 1 N–H and O–H groups in total. The van der Waals surface area contributed by atoms with Crippen molar-refractivity contribution in [3.05, 3.63) is 0 Å². The molecule has 54 valence electrons. The second-order valence-corrected chi connectivity index (χ2v) is 3.23. The molecule has 0 rings (SSSR count). The van der Waals surface area contributed by atoms with Crippen LogP contribution in [0.15, 0.2) is 0 Å². The van der Waals surface area contributed by atoms with E-state index in [1.165, 1.54) is 17.1 Å². The maximum absolute atomic E-state index is 9.83. The molecule has 0 aliphatic rings. The molecule has 0 spiro atoms. The van der Waals surface area contributed by atoms with Gasteiger partial charge in [0.1, 0.15) is 0 Å². The second-order valence-electron chi connectivity index (χ2n) is 1.23. The number of aliphatic hydroxyl groups is 1. The minimum Gasteiger partial charge on any atom is -0.396 e. The van der Waals surface area contributed by atoms with E-state index >= 15 is 0 Å². The topological polar surface area (TPSA) is 54.4 Å². The number of aliphatic hydroxyl groups excluding tert-OH is 1. The van der Waals surface area contributed by atoms with Gasteiger partial charge >= 0.3 is 0 Å². The largest absolute Gasteiger partial charge is 0.396 e. The Bertz CT molecular complexity index is 162. The Hall–Kier alpha value is -0.0000000000000000763. The van der Waals surface area contributed by atoms with Crippen molar-refractivity contribution in [3.63, 3.8) is 0 Å². The van der Waals surface area contributed by atoms with Gasteiger partial charge in [0, 0.05) is 16.9 Å². The van der Waals surface area contributed by atoms with Crippen LogP contribution < -0.4 is 0 Å². The van der Waals surface area contributed by atoms with Crippen LogP contribution in [-0.4, -0.2) is 37.0 Å². The van der Waals surface area contributed by atoms with Crippen molar-refractivity contribution < 1.29 is 13.5 Å². The average molecular weight is 168 g/mol. The first-order chi connectivity index (χ1) is 4.27. The van der Waals surface area contributed by atoms with Crippen molar-refractivity contribution in [1.82, 2.24) is 0 Å². The third-order valence-corrected chi connectivity index (χ3v) is 2.08. The number of thioether (sulfide) groups is 1. The van der Waals surface area contributed by atoms with Crippen LogP contribution in [0.4, 0.5) is 0 Å². The summed E-state index contributed by atoms with van der Waals surface area (Å²) in [4.78, 5) is 0. The zero-order valence-corrected chi connectivity index (χ0v) is 6.41. The van der Waals surface area contributed by atoms with Gasteiger partial charge in [-0.15, -0.1) is 0 Å². The Morgan fingerprint density at radius 3 is 2.67 bits per heavy atom. The molecule has 0 aromatic rings. The first-order valence-corrected chi connectivity index (χ1v) is 4.66. The van der Waals surface area contributed by atoms with E-state index in [4.69, 9.17) is 5.11 Å². The molecule has 0 saturated carbocycles. The fraction of sp³-hybridized carbons (Fsp3) is 0.750. The molecule has 0 heterocycles. The van der Waals surface area contributed by atoms with Crippen molar-refractivity contribution in [1.29, 1.82) is 0 Å². The molecule has 9 heavy (non-hydrogen) atoms. The molecule has 0 radical (unpaired) electrons. The summed E-state index contributed by atoms with van der Waals surface area (Å²) in [5.41, 5.74) is 0. The van der Waals surface area contributed by atoms with Crippen molar-refractivity contribution in [2.75, 3.05) is 18.1 Å². The summed E-state index contributed by atoms with van der Waals surface area (Å²) in [6, 6.07) is 0. The molecule has 0 bridgehead atoms. The molecule has 0 atom stereocenters. The highest BCUT2D eigenvalue weighted by Crippen LogP contribution is 1.93. The van der Waals surface area contributed by atoms with Crippen LogP contribution in [0.5, 0.6) is 0 Å². The van der Waals surface area contributed by atoms with Crippen LogP contribution in [0.25, 0.3) is 0 Å². The van der Waals surface area contributed by atoms with Crippen LogP contribution in [0.1, 0.15) is 0 Å². The van der Waals surface area contributed by atoms with Crippen LogP contribution >= 0.6 is 11.8 Å². The Labute approximate surface area is 59.6 Å². The number of hydrogen-bond acceptors (Lipinski definition) is 4. The van der Waals surface area contributed by atoms with Gasteiger partial charge in [0.05, 0.1) is 6.61 Å². The van der Waals surface area contributed by atoms with Crippen molar-refractivity contribution in [2.24, 2.45) is 0 Å².